The molecule has 2 heterocycles. The van der Waals surface area contributed by atoms with Crippen LogP contribution in [0.4, 0.5) is 5.13 Å². The normalized spacial score (nSPS) is 18.4. The minimum absolute atomic E-state index is 0.127. The van der Waals surface area contributed by atoms with Crippen LogP contribution in [0.3, 0.4) is 0 Å². The Hall–Kier alpha value is -1.79. The van der Waals surface area contributed by atoms with Gasteiger partial charge >= 0.3 is 0 Å². The van der Waals surface area contributed by atoms with E-state index in [-0.39, 0.29) is 5.91 Å². The topological polar surface area (TPSA) is 66.9 Å². The number of hydrogen-bond donors (Lipinski definition) is 2. The molecule has 1 unspecified atom stereocenters. The zero-order valence-corrected chi connectivity index (χ0v) is 12.7. The average molecular weight is 302 g/mol. The van der Waals surface area contributed by atoms with Crippen molar-refractivity contribution in [2.24, 2.45) is 0 Å². The molecule has 1 amide bonds. The second-order valence-electron chi connectivity index (χ2n) is 5.26. The highest BCUT2D eigenvalue weighted by molar-refractivity contribution is 7.15. The second kappa shape index (κ2) is 6.32. The Bertz CT molecular complexity index is 634. The molecule has 0 spiro atoms. The molecule has 1 atom stereocenters. The van der Waals surface area contributed by atoms with Crippen molar-refractivity contribution >= 4 is 22.4 Å². The molecule has 6 heteroatoms. The van der Waals surface area contributed by atoms with Gasteiger partial charge in [-0.1, -0.05) is 29.5 Å². The van der Waals surface area contributed by atoms with Gasteiger partial charge < -0.3 is 5.32 Å². The third-order valence-corrected chi connectivity index (χ3v) is 4.70. The van der Waals surface area contributed by atoms with E-state index in [1.165, 1.54) is 11.3 Å². The fourth-order valence-electron chi connectivity index (χ4n) is 2.50. The van der Waals surface area contributed by atoms with E-state index in [0.717, 1.165) is 36.5 Å². The maximum atomic E-state index is 12.2. The van der Waals surface area contributed by atoms with E-state index in [9.17, 15) is 4.79 Å². The summed E-state index contributed by atoms with van der Waals surface area (Å²) in [5.41, 5.74) is 1.63. The molecule has 1 aromatic heterocycles. The van der Waals surface area contributed by atoms with Crippen LogP contribution in [0.1, 0.15) is 39.7 Å². The van der Waals surface area contributed by atoms with Crippen molar-refractivity contribution in [3.8, 4) is 0 Å². The fourth-order valence-corrected chi connectivity index (χ4v) is 3.38. The van der Waals surface area contributed by atoms with Crippen molar-refractivity contribution in [1.29, 1.82) is 0 Å². The summed E-state index contributed by atoms with van der Waals surface area (Å²) in [6, 6.07) is 7.53. The molecular formula is C15H18N4OS. The molecule has 5 nitrogen and oxygen atoms in total. The molecule has 110 valence electrons. The minimum atomic E-state index is -0.127. The van der Waals surface area contributed by atoms with Crippen LogP contribution in [0.25, 0.3) is 0 Å². The highest BCUT2D eigenvalue weighted by Crippen LogP contribution is 2.28. The SMILES string of the molecule is Cc1ccccc1C(=O)Nc1nnc(C2CCCNC2)s1. The number of piperidine rings is 1. The first kappa shape index (κ1) is 14.2. The van der Waals surface area contributed by atoms with Gasteiger partial charge in [0.15, 0.2) is 0 Å². The minimum Gasteiger partial charge on any atom is -0.316 e. The molecule has 3 rings (SSSR count). The predicted molar refractivity (Wildman–Crippen MR) is 83.9 cm³/mol. The predicted octanol–water partition coefficient (Wildman–Crippen LogP) is 2.57. The quantitative estimate of drug-likeness (QED) is 0.914. The Morgan fingerprint density at radius 3 is 3.00 bits per heavy atom. The molecule has 2 N–H and O–H groups in total. The molecule has 0 saturated carbocycles. The van der Waals surface area contributed by atoms with Crippen LogP contribution in [0.2, 0.25) is 0 Å². The number of hydrogen-bond acceptors (Lipinski definition) is 5. The van der Waals surface area contributed by atoms with Crippen LogP contribution >= 0.6 is 11.3 Å². The average Bonchev–Trinajstić information content (AvgIpc) is 2.97. The molecule has 0 radical (unpaired) electrons. The Balaban J connectivity index is 1.69. The van der Waals surface area contributed by atoms with Gasteiger partial charge in [-0.3, -0.25) is 10.1 Å². The fraction of sp³-hybridized carbons (Fsp3) is 0.400. The number of carbonyl (C=O) groups excluding carboxylic acids is 1. The zero-order chi connectivity index (χ0) is 14.7. The monoisotopic (exact) mass is 302 g/mol. The van der Waals surface area contributed by atoms with Crippen LogP contribution in [0, 0.1) is 6.92 Å². The van der Waals surface area contributed by atoms with Gasteiger partial charge in [0.2, 0.25) is 5.13 Å². The summed E-state index contributed by atoms with van der Waals surface area (Å²) in [6.07, 6.45) is 2.29. The van der Waals surface area contributed by atoms with Crippen LogP contribution in [-0.4, -0.2) is 29.2 Å². The maximum absolute atomic E-state index is 12.2. The number of benzene rings is 1. The number of aryl methyl sites for hydroxylation is 1. The molecule has 1 aliphatic rings. The van der Waals surface area contributed by atoms with Crippen molar-refractivity contribution in [3.63, 3.8) is 0 Å². The van der Waals surface area contributed by atoms with Gasteiger partial charge in [0, 0.05) is 18.0 Å². The van der Waals surface area contributed by atoms with E-state index in [1.54, 1.807) is 0 Å². The number of carbonyl (C=O) groups is 1. The lowest BCUT2D eigenvalue weighted by atomic mass is 10.0. The van der Waals surface area contributed by atoms with E-state index in [1.807, 2.05) is 31.2 Å². The lowest BCUT2D eigenvalue weighted by molar-refractivity contribution is 0.102. The number of aromatic nitrogens is 2. The van der Waals surface area contributed by atoms with Crippen molar-refractivity contribution in [3.05, 3.63) is 40.4 Å². The van der Waals surface area contributed by atoms with Gasteiger partial charge in [-0.25, -0.2) is 0 Å². The van der Waals surface area contributed by atoms with E-state index in [4.69, 9.17) is 0 Å². The standard InChI is InChI=1S/C15H18N4OS/c1-10-5-2-3-7-12(10)13(20)17-15-19-18-14(21-15)11-6-4-8-16-9-11/h2-3,5,7,11,16H,4,6,8-9H2,1H3,(H,17,19,20). The van der Waals surface area contributed by atoms with Gasteiger partial charge in [0.1, 0.15) is 5.01 Å². The van der Waals surface area contributed by atoms with Crippen LogP contribution in [-0.2, 0) is 0 Å². The van der Waals surface area contributed by atoms with Crippen molar-refractivity contribution in [2.75, 3.05) is 18.4 Å². The summed E-state index contributed by atoms with van der Waals surface area (Å²) in [5.74, 6) is 0.290. The van der Waals surface area contributed by atoms with E-state index in [0.29, 0.717) is 16.6 Å². The molecular weight excluding hydrogens is 284 g/mol. The third kappa shape index (κ3) is 3.28. The summed E-state index contributed by atoms with van der Waals surface area (Å²) < 4.78 is 0. The first-order valence-corrected chi connectivity index (χ1v) is 7.97. The van der Waals surface area contributed by atoms with Gasteiger partial charge in [0.05, 0.1) is 0 Å². The number of rotatable bonds is 3. The van der Waals surface area contributed by atoms with Crippen LogP contribution < -0.4 is 10.6 Å². The molecule has 1 fully saturated rings. The molecule has 1 saturated heterocycles. The van der Waals surface area contributed by atoms with Gasteiger partial charge in [0.25, 0.3) is 5.91 Å². The van der Waals surface area contributed by atoms with Crippen LogP contribution in [0.15, 0.2) is 24.3 Å². The first-order chi connectivity index (χ1) is 10.2. The number of nitrogens with one attached hydrogen (secondary N) is 2. The summed E-state index contributed by atoms with van der Waals surface area (Å²) in [5, 5.41) is 16.1. The Labute approximate surface area is 127 Å². The van der Waals surface area contributed by atoms with Crippen molar-refractivity contribution < 1.29 is 4.79 Å². The van der Waals surface area contributed by atoms with E-state index >= 15 is 0 Å². The van der Waals surface area contributed by atoms with Crippen LogP contribution in [0.5, 0.6) is 0 Å². The van der Waals surface area contributed by atoms with Gasteiger partial charge in [-0.2, -0.15) is 0 Å². The summed E-state index contributed by atoms with van der Waals surface area (Å²) in [6.45, 7) is 3.95. The Morgan fingerprint density at radius 2 is 2.24 bits per heavy atom. The maximum Gasteiger partial charge on any atom is 0.257 e. The number of anilines is 1. The molecule has 0 bridgehead atoms. The molecule has 2 aromatic rings. The van der Waals surface area contributed by atoms with Gasteiger partial charge in [-0.05, 0) is 37.9 Å². The first-order valence-electron chi connectivity index (χ1n) is 7.15. The van der Waals surface area contributed by atoms with Crippen molar-refractivity contribution in [1.82, 2.24) is 15.5 Å². The Morgan fingerprint density at radius 1 is 1.38 bits per heavy atom. The second-order valence-corrected chi connectivity index (χ2v) is 6.27. The smallest absolute Gasteiger partial charge is 0.257 e. The highest BCUT2D eigenvalue weighted by Gasteiger charge is 2.20. The third-order valence-electron chi connectivity index (χ3n) is 3.70. The number of amides is 1. The Kier molecular flexibility index (Phi) is 4.26. The summed E-state index contributed by atoms with van der Waals surface area (Å²) >= 11 is 1.47. The largest absolute Gasteiger partial charge is 0.316 e. The molecule has 21 heavy (non-hydrogen) atoms. The molecule has 1 aromatic carbocycles. The van der Waals surface area contributed by atoms with Crippen molar-refractivity contribution in [2.45, 2.75) is 25.7 Å². The summed E-state index contributed by atoms with van der Waals surface area (Å²) in [4.78, 5) is 12.2. The zero-order valence-electron chi connectivity index (χ0n) is 11.9. The lowest BCUT2D eigenvalue weighted by Gasteiger charge is -2.19. The molecule has 0 aliphatic carbocycles. The summed E-state index contributed by atoms with van der Waals surface area (Å²) in [7, 11) is 0. The van der Waals surface area contributed by atoms with E-state index in [2.05, 4.69) is 20.8 Å². The highest BCUT2D eigenvalue weighted by atomic mass is 32.1. The van der Waals surface area contributed by atoms with E-state index < -0.39 is 0 Å². The lowest BCUT2D eigenvalue weighted by Crippen LogP contribution is -2.28. The molecule has 1 aliphatic heterocycles. The number of nitrogens with zero attached hydrogens (tertiary/aromatic N) is 2. The van der Waals surface area contributed by atoms with Gasteiger partial charge in [-0.15, -0.1) is 10.2 Å².